The fourth-order valence-corrected chi connectivity index (χ4v) is 0.903. The molecule has 0 aliphatic carbocycles. The predicted octanol–water partition coefficient (Wildman–Crippen LogP) is -1.02. The van der Waals surface area contributed by atoms with Crippen molar-refractivity contribution < 1.29 is 9.84 Å². The number of aliphatic hydroxyl groups is 1. The lowest BCUT2D eigenvalue weighted by atomic mass is 10.5. The van der Waals surface area contributed by atoms with E-state index in [9.17, 15) is 0 Å². The van der Waals surface area contributed by atoms with Crippen molar-refractivity contribution >= 4 is 11.9 Å². The lowest BCUT2D eigenvalue weighted by molar-refractivity contribution is 0.224. The first-order chi connectivity index (χ1) is 7.67. The highest BCUT2D eigenvalue weighted by Crippen LogP contribution is 2.12. The van der Waals surface area contributed by atoms with Crippen LogP contribution in [0.5, 0.6) is 6.01 Å². The molecule has 4 N–H and O–H groups in total. The zero-order chi connectivity index (χ0) is 12.0. The number of nitrogens with one attached hydrogen (secondary N) is 1. The maximum Gasteiger partial charge on any atom is 0.323 e. The largest absolute Gasteiger partial charge is 0.463 e. The van der Waals surface area contributed by atoms with Crippen molar-refractivity contribution in [2.45, 2.75) is 6.42 Å². The van der Waals surface area contributed by atoms with Crippen LogP contribution < -0.4 is 20.9 Å². The van der Waals surface area contributed by atoms with Gasteiger partial charge in [0.1, 0.15) is 0 Å². The van der Waals surface area contributed by atoms with E-state index in [0.29, 0.717) is 19.0 Å². The smallest absolute Gasteiger partial charge is 0.323 e. The van der Waals surface area contributed by atoms with E-state index >= 15 is 0 Å². The van der Waals surface area contributed by atoms with E-state index in [1.807, 2.05) is 0 Å². The number of ether oxygens (including phenoxy) is 1. The number of nitrogens with zero attached hydrogens (tertiary/aromatic N) is 4. The van der Waals surface area contributed by atoms with E-state index in [-0.39, 0.29) is 18.6 Å². The fourth-order valence-electron chi connectivity index (χ4n) is 0.903. The molecular formula is C8H16N6O2. The van der Waals surface area contributed by atoms with Gasteiger partial charge in [0.2, 0.25) is 11.9 Å². The van der Waals surface area contributed by atoms with E-state index in [4.69, 9.17) is 15.7 Å². The standard InChI is InChI=1S/C8H16N6O2/c1-14(2)7-10-6(13-9)11-8(12-7)16-5-3-4-15/h15H,3-5,9H2,1-2H3,(H,10,11,12,13). The lowest BCUT2D eigenvalue weighted by Gasteiger charge is -2.12. The average Bonchev–Trinajstić information content (AvgIpc) is 2.29. The summed E-state index contributed by atoms with van der Waals surface area (Å²) in [5.41, 5.74) is 2.33. The number of aromatic nitrogens is 3. The molecule has 0 aliphatic rings. The van der Waals surface area contributed by atoms with Crippen LogP contribution in [0, 0.1) is 0 Å². The zero-order valence-electron chi connectivity index (χ0n) is 9.34. The lowest BCUT2D eigenvalue weighted by Crippen LogP contribution is -2.18. The number of anilines is 2. The third kappa shape index (κ3) is 3.48. The second-order valence-electron chi connectivity index (χ2n) is 3.21. The van der Waals surface area contributed by atoms with Gasteiger partial charge >= 0.3 is 6.01 Å². The molecule has 8 nitrogen and oxygen atoms in total. The van der Waals surface area contributed by atoms with Gasteiger partial charge in [-0.1, -0.05) is 0 Å². The fraction of sp³-hybridized carbons (Fsp3) is 0.625. The van der Waals surface area contributed by atoms with Crippen LogP contribution in [0.15, 0.2) is 0 Å². The Labute approximate surface area is 93.4 Å². The van der Waals surface area contributed by atoms with Crippen LogP contribution >= 0.6 is 0 Å². The average molecular weight is 228 g/mol. The first kappa shape index (κ1) is 12.4. The summed E-state index contributed by atoms with van der Waals surface area (Å²) < 4.78 is 5.24. The molecule has 0 unspecified atom stereocenters. The number of nitrogen functional groups attached to an aromatic ring is 1. The first-order valence-corrected chi connectivity index (χ1v) is 4.81. The van der Waals surface area contributed by atoms with Crippen LogP contribution in [0.25, 0.3) is 0 Å². The van der Waals surface area contributed by atoms with Crippen molar-refractivity contribution in [2.75, 3.05) is 37.6 Å². The minimum atomic E-state index is 0.0631. The number of aliphatic hydroxyl groups excluding tert-OH is 1. The number of rotatable bonds is 6. The normalized spacial score (nSPS) is 10.0. The van der Waals surface area contributed by atoms with E-state index in [2.05, 4.69) is 20.4 Å². The molecule has 1 aromatic rings. The molecule has 0 atom stereocenters. The predicted molar refractivity (Wildman–Crippen MR) is 59.2 cm³/mol. The molecule has 0 saturated heterocycles. The van der Waals surface area contributed by atoms with Gasteiger partial charge in [-0.05, 0) is 0 Å². The van der Waals surface area contributed by atoms with Crippen LogP contribution in [0.2, 0.25) is 0 Å². The second-order valence-corrected chi connectivity index (χ2v) is 3.21. The molecule has 1 aromatic heterocycles. The number of hydrogen-bond donors (Lipinski definition) is 3. The highest BCUT2D eigenvalue weighted by atomic mass is 16.5. The topological polar surface area (TPSA) is 109 Å². The molecule has 0 amide bonds. The third-order valence-corrected chi connectivity index (χ3v) is 1.67. The van der Waals surface area contributed by atoms with Gasteiger partial charge in [0.25, 0.3) is 0 Å². The Kier molecular flexibility index (Phi) is 4.67. The summed E-state index contributed by atoms with van der Waals surface area (Å²) in [6, 6.07) is 0.181. The van der Waals surface area contributed by atoms with Gasteiger partial charge in [0.15, 0.2) is 0 Å². The number of hydrazine groups is 1. The van der Waals surface area contributed by atoms with Gasteiger partial charge in [0, 0.05) is 27.1 Å². The van der Waals surface area contributed by atoms with Crippen molar-refractivity contribution in [3.8, 4) is 6.01 Å². The first-order valence-electron chi connectivity index (χ1n) is 4.81. The Bertz CT molecular complexity index is 332. The molecule has 0 aliphatic heterocycles. The molecule has 0 bridgehead atoms. The molecular weight excluding hydrogens is 212 g/mol. The summed E-state index contributed by atoms with van der Waals surface area (Å²) in [4.78, 5) is 13.7. The van der Waals surface area contributed by atoms with Crippen molar-refractivity contribution in [3.05, 3.63) is 0 Å². The molecule has 0 fully saturated rings. The van der Waals surface area contributed by atoms with Crippen molar-refractivity contribution in [2.24, 2.45) is 5.84 Å². The summed E-state index contributed by atoms with van der Waals surface area (Å²) in [6.45, 7) is 0.408. The Morgan fingerprint density at radius 2 is 2.12 bits per heavy atom. The number of nitrogens with two attached hydrogens (primary N) is 1. The monoisotopic (exact) mass is 228 g/mol. The van der Waals surface area contributed by atoms with Gasteiger partial charge in [-0.25, -0.2) is 5.84 Å². The SMILES string of the molecule is CN(C)c1nc(NN)nc(OCCCO)n1. The van der Waals surface area contributed by atoms with Crippen LogP contribution in [0.1, 0.15) is 6.42 Å². The summed E-state index contributed by atoms with van der Waals surface area (Å²) in [5.74, 6) is 5.91. The molecule has 16 heavy (non-hydrogen) atoms. The molecule has 1 rings (SSSR count). The van der Waals surface area contributed by atoms with Crippen LogP contribution in [0.3, 0.4) is 0 Å². The zero-order valence-corrected chi connectivity index (χ0v) is 9.34. The molecule has 0 radical (unpaired) electrons. The van der Waals surface area contributed by atoms with Crippen molar-refractivity contribution in [1.29, 1.82) is 0 Å². The van der Waals surface area contributed by atoms with E-state index < -0.39 is 0 Å². The van der Waals surface area contributed by atoms with Gasteiger partial charge in [0.05, 0.1) is 6.61 Å². The highest BCUT2D eigenvalue weighted by Gasteiger charge is 2.07. The maximum atomic E-state index is 8.61. The summed E-state index contributed by atoms with van der Waals surface area (Å²) in [7, 11) is 3.60. The van der Waals surface area contributed by atoms with Gasteiger partial charge < -0.3 is 14.7 Å². The quantitative estimate of drug-likeness (QED) is 0.322. The molecule has 0 saturated carbocycles. The molecule has 8 heteroatoms. The third-order valence-electron chi connectivity index (χ3n) is 1.67. The summed E-state index contributed by atoms with van der Waals surface area (Å²) in [5, 5.41) is 8.61. The Balaban J connectivity index is 2.78. The van der Waals surface area contributed by atoms with E-state index in [1.54, 1.807) is 19.0 Å². The Hall–Kier alpha value is -1.67. The molecule has 90 valence electrons. The van der Waals surface area contributed by atoms with Crippen molar-refractivity contribution in [1.82, 2.24) is 15.0 Å². The van der Waals surface area contributed by atoms with Gasteiger partial charge in [-0.2, -0.15) is 15.0 Å². The van der Waals surface area contributed by atoms with Gasteiger partial charge in [-0.15, -0.1) is 0 Å². The highest BCUT2D eigenvalue weighted by molar-refractivity contribution is 5.35. The van der Waals surface area contributed by atoms with E-state index in [1.165, 1.54) is 0 Å². The Morgan fingerprint density at radius 1 is 1.38 bits per heavy atom. The summed E-state index contributed by atoms with van der Waals surface area (Å²) in [6.07, 6.45) is 0.522. The molecule has 1 heterocycles. The molecule has 0 spiro atoms. The Morgan fingerprint density at radius 3 is 2.69 bits per heavy atom. The van der Waals surface area contributed by atoms with Gasteiger partial charge in [-0.3, -0.25) is 5.43 Å². The summed E-state index contributed by atoms with van der Waals surface area (Å²) >= 11 is 0. The second kappa shape index (κ2) is 6.03. The maximum absolute atomic E-state index is 8.61. The van der Waals surface area contributed by atoms with Crippen LogP contribution in [-0.2, 0) is 0 Å². The minimum Gasteiger partial charge on any atom is -0.463 e. The molecule has 0 aromatic carbocycles. The van der Waals surface area contributed by atoms with Crippen LogP contribution in [-0.4, -0.2) is 47.4 Å². The van der Waals surface area contributed by atoms with Crippen LogP contribution in [0.4, 0.5) is 11.9 Å². The number of hydrogen-bond acceptors (Lipinski definition) is 8. The van der Waals surface area contributed by atoms with Crippen molar-refractivity contribution in [3.63, 3.8) is 0 Å². The van der Waals surface area contributed by atoms with E-state index in [0.717, 1.165) is 0 Å². The minimum absolute atomic E-state index is 0.0631.